The third kappa shape index (κ3) is 4.61. The summed E-state index contributed by atoms with van der Waals surface area (Å²) in [5.74, 6) is -0.611. The molecule has 0 aliphatic carbocycles. The van der Waals surface area contributed by atoms with Crippen molar-refractivity contribution in [1.29, 1.82) is 0 Å². The van der Waals surface area contributed by atoms with Crippen molar-refractivity contribution in [3.63, 3.8) is 0 Å². The van der Waals surface area contributed by atoms with Crippen molar-refractivity contribution in [2.45, 2.75) is 32.3 Å². The Bertz CT molecular complexity index is 394. The molecule has 0 aliphatic heterocycles. The van der Waals surface area contributed by atoms with Crippen LogP contribution in [0.5, 0.6) is 0 Å². The van der Waals surface area contributed by atoms with E-state index < -0.39 is 5.60 Å². The Labute approximate surface area is 113 Å². The van der Waals surface area contributed by atoms with Gasteiger partial charge in [0, 0.05) is 12.2 Å². The zero-order valence-electron chi connectivity index (χ0n) is 11.4. The van der Waals surface area contributed by atoms with Crippen LogP contribution in [0.2, 0.25) is 0 Å². The highest BCUT2D eigenvalue weighted by Gasteiger charge is 2.25. The molecule has 5 heteroatoms. The highest BCUT2D eigenvalue weighted by molar-refractivity contribution is 5.91. The first-order valence-corrected chi connectivity index (χ1v) is 6.44. The molecular weight excluding hydrogens is 247 g/mol. The minimum Gasteiger partial charge on any atom is -0.364 e. The van der Waals surface area contributed by atoms with E-state index in [1.165, 1.54) is 24.3 Å². The number of halogens is 1. The number of carbonyl (C=O) groups excluding carboxylic acids is 1. The van der Waals surface area contributed by atoms with Crippen LogP contribution in [0.15, 0.2) is 24.3 Å². The normalized spacial score (nSPS) is 11.4. The third-order valence-electron chi connectivity index (χ3n) is 3.30. The van der Waals surface area contributed by atoms with Crippen molar-refractivity contribution < 1.29 is 13.9 Å². The van der Waals surface area contributed by atoms with Gasteiger partial charge in [0.05, 0.1) is 5.60 Å². The van der Waals surface area contributed by atoms with Gasteiger partial charge in [0.25, 0.3) is 0 Å². The molecule has 0 radical (unpaired) electrons. The van der Waals surface area contributed by atoms with E-state index in [9.17, 15) is 9.18 Å². The Morgan fingerprint density at radius 1 is 1.32 bits per heavy atom. The minimum atomic E-state index is -0.444. The fraction of sp³-hybridized carbons (Fsp3) is 0.500. The molecule has 0 unspecified atom stereocenters. The summed E-state index contributed by atoms with van der Waals surface area (Å²) in [5, 5.41) is 2.64. The van der Waals surface area contributed by atoms with Gasteiger partial charge in [-0.05, 0) is 37.1 Å². The predicted octanol–water partition coefficient (Wildman–Crippen LogP) is 2.30. The smallest absolute Gasteiger partial charge is 0.250 e. The molecule has 106 valence electrons. The second-order valence-electron chi connectivity index (χ2n) is 4.44. The Kier molecular flexibility index (Phi) is 5.92. The van der Waals surface area contributed by atoms with Crippen LogP contribution >= 0.6 is 0 Å². The van der Waals surface area contributed by atoms with Crippen LogP contribution in [0.3, 0.4) is 0 Å². The molecule has 1 amide bonds. The number of hydrogen-bond donors (Lipinski definition) is 2. The summed E-state index contributed by atoms with van der Waals surface area (Å²) in [6, 6.07) is 5.59. The van der Waals surface area contributed by atoms with E-state index in [-0.39, 0.29) is 18.3 Å². The maximum Gasteiger partial charge on any atom is 0.250 e. The van der Waals surface area contributed by atoms with Gasteiger partial charge in [-0.15, -0.1) is 0 Å². The van der Waals surface area contributed by atoms with Crippen LogP contribution < -0.4 is 11.1 Å². The summed E-state index contributed by atoms with van der Waals surface area (Å²) in [6.07, 6.45) is 1.51. The van der Waals surface area contributed by atoms with Gasteiger partial charge in [-0.2, -0.15) is 0 Å². The summed E-state index contributed by atoms with van der Waals surface area (Å²) in [6.45, 7) is 4.28. The third-order valence-corrected chi connectivity index (χ3v) is 3.30. The Balaban J connectivity index is 2.49. The average molecular weight is 268 g/mol. The first kappa shape index (κ1) is 15.6. The molecule has 1 rings (SSSR count). The van der Waals surface area contributed by atoms with E-state index in [1.54, 1.807) is 0 Å². The Morgan fingerprint density at radius 2 is 1.89 bits per heavy atom. The van der Waals surface area contributed by atoms with E-state index in [0.717, 1.165) is 12.8 Å². The molecule has 0 fully saturated rings. The number of nitrogens with one attached hydrogen (secondary N) is 1. The van der Waals surface area contributed by atoms with Gasteiger partial charge in [0.2, 0.25) is 5.91 Å². The highest BCUT2D eigenvalue weighted by Crippen LogP contribution is 2.18. The van der Waals surface area contributed by atoms with Crippen LogP contribution in [0.1, 0.15) is 26.7 Å². The molecule has 0 saturated heterocycles. The standard InChI is InChI=1S/C14H21FN2O2/c1-3-14(4-2,10-16)19-9-13(18)17-12-7-5-11(15)6-8-12/h5-8H,3-4,9-10,16H2,1-2H3,(H,17,18). The predicted molar refractivity (Wildman–Crippen MR) is 73.3 cm³/mol. The van der Waals surface area contributed by atoms with Gasteiger partial charge in [0.15, 0.2) is 0 Å². The van der Waals surface area contributed by atoms with Crippen LogP contribution in [-0.2, 0) is 9.53 Å². The van der Waals surface area contributed by atoms with E-state index >= 15 is 0 Å². The van der Waals surface area contributed by atoms with Crippen molar-refractivity contribution in [3.8, 4) is 0 Å². The van der Waals surface area contributed by atoms with E-state index in [4.69, 9.17) is 10.5 Å². The molecule has 1 aromatic rings. The monoisotopic (exact) mass is 268 g/mol. The zero-order chi connectivity index (χ0) is 14.3. The summed E-state index contributed by atoms with van der Waals surface area (Å²) in [4.78, 5) is 11.7. The fourth-order valence-corrected chi connectivity index (χ4v) is 1.75. The SMILES string of the molecule is CCC(CC)(CN)OCC(=O)Nc1ccc(F)cc1. The molecule has 0 aromatic heterocycles. The number of nitrogens with two attached hydrogens (primary N) is 1. The Morgan fingerprint density at radius 3 is 2.37 bits per heavy atom. The molecule has 0 heterocycles. The number of amides is 1. The lowest BCUT2D eigenvalue weighted by Crippen LogP contribution is -2.41. The van der Waals surface area contributed by atoms with Crippen molar-refractivity contribution in [2.75, 3.05) is 18.5 Å². The Hall–Kier alpha value is -1.46. The number of anilines is 1. The number of ether oxygens (including phenoxy) is 1. The molecule has 3 N–H and O–H groups in total. The van der Waals surface area contributed by atoms with Crippen LogP contribution in [0.25, 0.3) is 0 Å². The molecule has 0 bridgehead atoms. The second kappa shape index (κ2) is 7.21. The lowest BCUT2D eigenvalue weighted by atomic mass is 9.97. The van der Waals surface area contributed by atoms with E-state index in [2.05, 4.69) is 5.32 Å². The number of rotatable bonds is 7. The molecule has 19 heavy (non-hydrogen) atoms. The van der Waals surface area contributed by atoms with Crippen molar-refractivity contribution in [3.05, 3.63) is 30.1 Å². The van der Waals surface area contributed by atoms with Crippen molar-refractivity contribution in [2.24, 2.45) is 5.73 Å². The fourth-order valence-electron chi connectivity index (χ4n) is 1.75. The summed E-state index contributed by atoms with van der Waals surface area (Å²) in [7, 11) is 0. The van der Waals surface area contributed by atoms with E-state index in [1.807, 2.05) is 13.8 Å². The molecule has 0 spiro atoms. The maximum atomic E-state index is 12.7. The van der Waals surface area contributed by atoms with Gasteiger partial charge in [-0.1, -0.05) is 13.8 Å². The quantitative estimate of drug-likeness (QED) is 0.797. The zero-order valence-corrected chi connectivity index (χ0v) is 11.4. The lowest BCUT2D eigenvalue weighted by Gasteiger charge is -2.30. The van der Waals surface area contributed by atoms with Crippen molar-refractivity contribution in [1.82, 2.24) is 0 Å². The number of hydrogen-bond acceptors (Lipinski definition) is 3. The average Bonchev–Trinajstić information content (AvgIpc) is 2.44. The first-order chi connectivity index (χ1) is 9.05. The topological polar surface area (TPSA) is 64.3 Å². The second-order valence-corrected chi connectivity index (χ2v) is 4.44. The molecule has 0 saturated carbocycles. The van der Waals surface area contributed by atoms with Gasteiger partial charge >= 0.3 is 0 Å². The molecule has 0 atom stereocenters. The van der Waals surface area contributed by atoms with Crippen LogP contribution in [0.4, 0.5) is 10.1 Å². The van der Waals surface area contributed by atoms with Gasteiger partial charge in [-0.3, -0.25) is 4.79 Å². The van der Waals surface area contributed by atoms with Gasteiger partial charge in [0.1, 0.15) is 12.4 Å². The molecule has 1 aromatic carbocycles. The van der Waals surface area contributed by atoms with Crippen LogP contribution in [-0.4, -0.2) is 24.7 Å². The largest absolute Gasteiger partial charge is 0.364 e. The molecular formula is C14H21FN2O2. The number of benzene rings is 1. The minimum absolute atomic E-state index is 0.0593. The molecule has 4 nitrogen and oxygen atoms in total. The van der Waals surface area contributed by atoms with Gasteiger partial charge in [-0.25, -0.2) is 4.39 Å². The highest BCUT2D eigenvalue weighted by atomic mass is 19.1. The first-order valence-electron chi connectivity index (χ1n) is 6.44. The maximum absolute atomic E-state index is 12.7. The van der Waals surface area contributed by atoms with Crippen molar-refractivity contribution >= 4 is 11.6 Å². The summed E-state index contributed by atoms with van der Waals surface area (Å²) < 4.78 is 18.3. The van der Waals surface area contributed by atoms with E-state index in [0.29, 0.717) is 12.2 Å². The van der Waals surface area contributed by atoms with Crippen LogP contribution in [0, 0.1) is 5.82 Å². The lowest BCUT2D eigenvalue weighted by molar-refractivity contribution is -0.128. The summed E-state index contributed by atoms with van der Waals surface area (Å²) in [5.41, 5.74) is 5.78. The summed E-state index contributed by atoms with van der Waals surface area (Å²) >= 11 is 0. The van der Waals surface area contributed by atoms with Gasteiger partial charge < -0.3 is 15.8 Å². The number of carbonyl (C=O) groups is 1. The molecule has 0 aliphatic rings.